The van der Waals surface area contributed by atoms with Crippen LogP contribution in [0.4, 0.5) is 11.4 Å². The minimum atomic E-state index is -0.846. The summed E-state index contributed by atoms with van der Waals surface area (Å²) in [5.41, 5.74) is 2.82. The summed E-state index contributed by atoms with van der Waals surface area (Å²) >= 11 is 6.11. The van der Waals surface area contributed by atoms with Gasteiger partial charge in [-0.05, 0) is 55.3 Å². The largest absolute Gasteiger partial charge is 0.465 e. The van der Waals surface area contributed by atoms with Crippen LogP contribution >= 0.6 is 11.6 Å². The summed E-state index contributed by atoms with van der Waals surface area (Å²) in [4.78, 5) is 35.5. The van der Waals surface area contributed by atoms with Crippen molar-refractivity contribution in [2.24, 2.45) is 0 Å². The highest BCUT2D eigenvalue weighted by Crippen LogP contribution is 2.27. The number of hydrogen-bond donors (Lipinski definition) is 2. The molecular formula is C18H17ClN2O4. The van der Waals surface area contributed by atoms with Gasteiger partial charge in [0.15, 0.2) is 0 Å². The topological polar surface area (TPSA) is 84.5 Å². The van der Waals surface area contributed by atoms with E-state index in [1.807, 2.05) is 13.0 Å². The Kier molecular flexibility index (Phi) is 5.77. The molecular weight excluding hydrogens is 344 g/mol. The minimum absolute atomic E-state index is 0.340. The van der Waals surface area contributed by atoms with Crippen molar-refractivity contribution in [1.82, 2.24) is 0 Å². The molecule has 7 heteroatoms. The quantitative estimate of drug-likeness (QED) is 0.649. The van der Waals surface area contributed by atoms with Gasteiger partial charge < -0.3 is 15.4 Å². The van der Waals surface area contributed by atoms with Gasteiger partial charge in [-0.3, -0.25) is 9.59 Å². The molecule has 0 saturated heterocycles. The van der Waals surface area contributed by atoms with Crippen molar-refractivity contribution in [3.8, 4) is 0 Å². The molecule has 0 unspecified atom stereocenters. The second-order valence-corrected chi connectivity index (χ2v) is 5.82. The lowest BCUT2D eigenvalue weighted by molar-refractivity contribution is -0.133. The van der Waals surface area contributed by atoms with Crippen molar-refractivity contribution >= 4 is 40.8 Å². The molecule has 0 spiro atoms. The fraction of sp³-hybridized carbons (Fsp3) is 0.167. The Bertz CT molecular complexity index is 808. The van der Waals surface area contributed by atoms with Crippen LogP contribution in [-0.4, -0.2) is 24.9 Å². The van der Waals surface area contributed by atoms with Crippen LogP contribution in [0.2, 0.25) is 5.02 Å². The van der Waals surface area contributed by atoms with E-state index < -0.39 is 17.8 Å². The second kappa shape index (κ2) is 7.81. The summed E-state index contributed by atoms with van der Waals surface area (Å²) in [7, 11) is 1.28. The van der Waals surface area contributed by atoms with Crippen LogP contribution < -0.4 is 10.6 Å². The monoisotopic (exact) mass is 360 g/mol. The number of hydrogen-bond acceptors (Lipinski definition) is 4. The first kappa shape index (κ1) is 18.5. The lowest BCUT2D eigenvalue weighted by Gasteiger charge is -2.11. The number of nitrogens with one attached hydrogen (secondary N) is 2. The van der Waals surface area contributed by atoms with E-state index in [1.165, 1.54) is 31.4 Å². The minimum Gasteiger partial charge on any atom is -0.465 e. The van der Waals surface area contributed by atoms with Gasteiger partial charge in [-0.25, -0.2) is 4.79 Å². The summed E-state index contributed by atoms with van der Waals surface area (Å²) in [5.74, 6) is -2.17. The molecule has 0 bridgehead atoms. The Labute approximate surface area is 150 Å². The van der Waals surface area contributed by atoms with E-state index >= 15 is 0 Å². The average molecular weight is 361 g/mol. The highest BCUT2D eigenvalue weighted by molar-refractivity contribution is 6.45. The summed E-state index contributed by atoms with van der Waals surface area (Å²) in [6.45, 7) is 3.67. The van der Waals surface area contributed by atoms with Crippen LogP contribution in [0, 0.1) is 13.8 Å². The Morgan fingerprint density at radius 3 is 2.12 bits per heavy atom. The lowest BCUT2D eigenvalue weighted by Crippen LogP contribution is -2.29. The highest BCUT2D eigenvalue weighted by Gasteiger charge is 2.17. The summed E-state index contributed by atoms with van der Waals surface area (Å²) in [6, 6.07) is 9.53. The highest BCUT2D eigenvalue weighted by atomic mass is 35.5. The third-order valence-electron chi connectivity index (χ3n) is 3.44. The average Bonchev–Trinajstić information content (AvgIpc) is 2.57. The molecule has 6 nitrogen and oxygen atoms in total. The van der Waals surface area contributed by atoms with Crippen LogP contribution in [0.1, 0.15) is 21.5 Å². The van der Waals surface area contributed by atoms with E-state index in [0.29, 0.717) is 22.0 Å². The normalized spacial score (nSPS) is 10.1. The number of aryl methyl sites for hydroxylation is 2. The van der Waals surface area contributed by atoms with E-state index in [0.717, 1.165) is 11.1 Å². The molecule has 0 fully saturated rings. The maximum atomic E-state index is 12.1. The number of amides is 2. The zero-order chi connectivity index (χ0) is 18.6. The summed E-state index contributed by atoms with van der Waals surface area (Å²) < 4.78 is 4.59. The third kappa shape index (κ3) is 4.58. The van der Waals surface area contributed by atoms with Gasteiger partial charge in [0, 0.05) is 5.69 Å². The molecule has 0 aromatic heterocycles. The zero-order valence-electron chi connectivity index (χ0n) is 14.0. The molecule has 2 aromatic rings. The van der Waals surface area contributed by atoms with Crippen molar-refractivity contribution in [3.05, 3.63) is 58.1 Å². The molecule has 0 radical (unpaired) electrons. The molecule has 0 heterocycles. The molecule has 0 aliphatic rings. The standard InChI is InChI=1S/C18H17ClN2O4/c1-10-8-11(2)15(14(19)9-10)21-17(23)16(22)20-13-6-4-12(5-7-13)18(24)25-3/h4-9H,1-3H3,(H,20,22)(H,21,23). The fourth-order valence-electron chi connectivity index (χ4n) is 2.24. The van der Waals surface area contributed by atoms with E-state index in [2.05, 4.69) is 15.4 Å². The maximum absolute atomic E-state index is 12.1. The van der Waals surface area contributed by atoms with Crippen molar-refractivity contribution in [3.63, 3.8) is 0 Å². The van der Waals surface area contributed by atoms with Gasteiger partial charge in [-0.2, -0.15) is 0 Å². The van der Waals surface area contributed by atoms with Crippen molar-refractivity contribution in [2.45, 2.75) is 13.8 Å². The molecule has 25 heavy (non-hydrogen) atoms. The van der Waals surface area contributed by atoms with Crippen LogP contribution in [0.25, 0.3) is 0 Å². The first-order chi connectivity index (χ1) is 11.8. The Balaban J connectivity index is 2.06. The summed E-state index contributed by atoms with van der Waals surface area (Å²) in [5, 5.41) is 5.32. The lowest BCUT2D eigenvalue weighted by atomic mass is 10.1. The zero-order valence-corrected chi connectivity index (χ0v) is 14.7. The van der Waals surface area contributed by atoms with Gasteiger partial charge in [0.2, 0.25) is 0 Å². The van der Waals surface area contributed by atoms with Crippen LogP contribution in [0.3, 0.4) is 0 Å². The molecule has 0 aliphatic carbocycles. The molecule has 2 amide bonds. The number of anilines is 2. The molecule has 2 rings (SSSR count). The van der Waals surface area contributed by atoms with Gasteiger partial charge in [-0.15, -0.1) is 0 Å². The number of ether oxygens (including phenoxy) is 1. The Hall–Kier alpha value is -2.86. The smallest absolute Gasteiger partial charge is 0.337 e. The molecule has 2 N–H and O–H groups in total. The van der Waals surface area contributed by atoms with E-state index in [-0.39, 0.29) is 0 Å². The molecule has 0 atom stereocenters. The van der Waals surface area contributed by atoms with Gasteiger partial charge >= 0.3 is 17.8 Å². The van der Waals surface area contributed by atoms with Gasteiger partial charge in [-0.1, -0.05) is 17.7 Å². The summed E-state index contributed by atoms with van der Waals surface area (Å²) in [6.07, 6.45) is 0. The van der Waals surface area contributed by atoms with Gasteiger partial charge in [0.05, 0.1) is 23.4 Å². The van der Waals surface area contributed by atoms with E-state index in [9.17, 15) is 14.4 Å². The van der Waals surface area contributed by atoms with Gasteiger partial charge in [0.1, 0.15) is 0 Å². The number of benzene rings is 2. The third-order valence-corrected chi connectivity index (χ3v) is 3.74. The van der Waals surface area contributed by atoms with Crippen LogP contribution in [0.15, 0.2) is 36.4 Å². The molecule has 2 aromatic carbocycles. The maximum Gasteiger partial charge on any atom is 0.337 e. The number of rotatable bonds is 3. The molecule has 0 saturated carbocycles. The van der Waals surface area contributed by atoms with E-state index in [4.69, 9.17) is 11.6 Å². The molecule has 130 valence electrons. The number of carbonyl (C=O) groups is 3. The number of esters is 1. The predicted molar refractivity (Wildman–Crippen MR) is 96.0 cm³/mol. The molecule has 0 aliphatic heterocycles. The van der Waals surface area contributed by atoms with Crippen LogP contribution in [-0.2, 0) is 14.3 Å². The Morgan fingerprint density at radius 2 is 1.56 bits per heavy atom. The number of methoxy groups -OCH3 is 1. The second-order valence-electron chi connectivity index (χ2n) is 5.42. The van der Waals surface area contributed by atoms with Crippen LogP contribution in [0.5, 0.6) is 0 Å². The first-order valence-corrected chi connectivity index (χ1v) is 7.77. The van der Waals surface area contributed by atoms with Crippen molar-refractivity contribution in [1.29, 1.82) is 0 Å². The number of halogens is 1. The SMILES string of the molecule is COC(=O)c1ccc(NC(=O)C(=O)Nc2c(C)cc(C)cc2Cl)cc1. The van der Waals surface area contributed by atoms with Crippen molar-refractivity contribution in [2.75, 3.05) is 17.7 Å². The van der Waals surface area contributed by atoms with Gasteiger partial charge in [0.25, 0.3) is 0 Å². The van der Waals surface area contributed by atoms with E-state index in [1.54, 1.807) is 13.0 Å². The number of carbonyl (C=O) groups excluding carboxylic acids is 3. The fourth-order valence-corrected chi connectivity index (χ4v) is 2.61. The predicted octanol–water partition coefficient (Wildman–Crippen LogP) is 3.32. The Morgan fingerprint density at radius 1 is 0.960 bits per heavy atom. The first-order valence-electron chi connectivity index (χ1n) is 7.39. The van der Waals surface area contributed by atoms with Crippen molar-refractivity contribution < 1.29 is 19.1 Å².